The normalized spacial score (nSPS) is 18.9. The fourth-order valence-corrected chi connectivity index (χ4v) is 1.09. The van der Waals surface area contributed by atoms with Crippen LogP contribution in [0.2, 0.25) is 0 Å². The maximum atomic E-state index is 8.75. The van der Waals surface area contributed by atoms with Gasteiger partial charge in [-0.2, -0.15) is 0 Å². The summed E-state index contributed by atoms with van der Waals surface area (Å²) in [6.45, 7) is 5.81. The van der Waals surface area contributed by atoms with Gasteiger partial charge >= 0.3 is 0 Å². The predicted molar refractivity (Wildman–Crippen MR) is 52.7 cm³/mol. The molecule has 0 bridgehead atoms. The molecule has 0 amide bonds. The first-order valence-corrected chi connectivity index (χ1v) is 5.22. The molecule has 0 aromatic heterocycles. The molecular formula is C10H21NO2. The first-order valence-electron chi connectivity index (χ1n) is 5.22. The zero-order valence-corrected chi connectivity index (χ0v) is 8.46. The van der Waals surface area contributed by atoms with Crippen LogP contribution in [-0.2, 0) is 4.74 Å². The van der Waals surface area contributed by atoms with E-state index in [0.717, 1.165) is 32.2 Å². The van der Waals surface area contributed by atoms with Crippen molar-refractivity contribution in [3.05, 3.63) is 0 Å². The third kappa shape index (κ3) is 6.02. The third-order valence-electron chi connectivity index (χ3n) is 2.28. The quantitative estimate of drug-likeness (QED) is 0.548. The molecule has 3 nitrogen and oxygen atoms in total. The summed E-state index contributed by atoms with van der Waals surface area (Å²) in [5.74, 6) is 1.21. The second kappa shape index (κ2) is 6.35. The van der Waals surface area contributed by atoms with Gasteiger partial charge < -0.3 is 15.2 Å². The maximum Gasteiger partial charge on any atom is 0.0591 e. The number of rotatable bonds is 8. The lowest BCUT2D eigenvalue weighted by molar-refractivity contribution is 0.124. The van der Waals surface area contributed by atoms with Gasteiger partial charge in [-0.1, -0.05) is 6.92 Å². The second-order valence-electron chi connectivity index (χ2n) is 4.01. The van der Waals surface area contributed by atoms with Crippen LogP contribution in [0.1, 0.15) is 19.8 Å². The molecule has 2 N–H and O–H groups in total. The van der Waals surface area contributed by atoms with Crippen molar-refractivity contribution in [2.75, 3.05) is 32.9 Å². The molecule has 1 aliphatic rings. The van der Waals surface area contributed by atoms with Gasteiger partial charge in [-0.3, -0.25) is 0 Å². The second-order valence-corrected chi connectivity index (χ2v) is 4.01. The van der Waals surface area contributed by atoms with Crippen LogP contribution in [0, 0.1) is 11.8 Å². The molecule has 3 heteroatoms. The van der Waals surface area contributed by atoms with Gasteiger partial charge in [0.2, 0.25) is 0 Å². The van der Waals surface area contributed by atoms with Crippen molar-refractivity contribution in [3.8, 4) is 0 Å². The molecule has 1 aliphatic carbocycles. The molecule has 1 fully saturated rings. The van der Waals surface area contributed by atoms with Crippen molar-refractivity contribution in [2.24, 2.45) is 11.8 Å². The number of nitrogens with one attached hydrogen (secondary N) is 1. The van der Waals surface area contributed by atoms with Crippen LogP contribution < -0.4 is 5.32 Å². The Labute approximate surface area is 80.5 Å². The van der Waals surface area contributed by atoms with E-state index in [1.807, 2.05) is 6.92 Å². The molecule has 78 valence electrons. The maximum absolute atomic E-state index is 8.75. The molecule has 0 radical (unpaired) electrons. The standard InChI is InChI=1S/C10H21NO2/c1-9(7-12)6-11-4-5-13-8-10-2-3-10/h9-12H,2-8H2,1H3. The lowest BCUT2D eigenvalue weighted by Crippen LogP contribution is -2.26. The van der Waals surface area contributed by atoms with Crippen LogP contribution in [-0.4, -0.2) is 38.0 Å². The molecule has 1 saturated carbocycles. The minimum Gasteiger partial charge on any atom is -0.396 e. The largest absolute Gasteiger partial charge is 0.396 e. The Hall–Kier alpha value is -0.120. The van der Waals surface area contributed by atoms with E-state index >= 15 is 0 Å². The molecule has 13 heavy (non-hydrogen) atoms. The molecule has 1 unspecified atom stereocenters. The first-order chi connectivity index (χ1) is 6.33. The Morgan fingerprint density at radius 1 is 1.54 bits per heavy atom. The van der Waals surface area contributed by atoms with E-state index in [4.69, 9.17) is 9.84 Å². The number of ether oxygens (including phenoxy) is 1. The Kier molecular flexibility index (Phi) is 5.35. The Bertz CT molecular complexity index is 126. The highest BCUT2D eigenvalue weighted by Gasteiger charge is 2.20. The molecule has 0 aliphatic heterocycles. The van der Waals surface area contributed by atoms with Crippen LogP contribution in [0.4, 0.5) is 0 Å². The van der Waals surface area contributed by atoms with Gasteiger partial charge in [0, 0.05) is 19.8 Å². The van der Waals surface area contributed by atoms with Gasteiger partial charge in [-0.25, -0.2) is 0 Å². The highest BCUT2D eigenvalue weighted by atomic mass is 16.5. The average molecular weight is 187 g/mol. The smallest absolute Gasteiger partial charge is 0.0591 e. The molecule has 0 heterocycles. The Balaban J connectivity index is 1.72. The van der Waals surface area contributed by atoms with Gasteiger partial charge in [0.1, 0.15) is 0 Å². The fourth-order valence-electron chi connectivity index (χ4n) is 1.09. The van der Waals surface area contributed by atoms with E-state index in [2.05, 4.69) is 5.32 Å². The lowest BCUT2D eigenvalue weighted by Gasteiger charge is -2.09. The van der Waals surface area contributed by atoms with Crippen molar-refractivity contribution >= 4 is 0 Å². The van der Waals surface area contributed by atoms with Crippen LogP contribution >= 0.6 is 0 Å². The van der Waals surface area contributed by atoms with E-state index < -0.39 is 0 Å². The van der Waals surface area contributed by atoms with Crippen molar-refractivity contribution in [1.29, 1.82) is 0 Å². The monoisotopic (exact) mass is 187 g/mol. The van der Waals surface area contributed by atoms with Crippen LogP contribution in [0.25, 0.3) is 0 Å². The third-order valence-corrected chi connectivity index (χ3v) is 2.28. The molecule has 0 spiro atoms. The molecule has 0 saturated heterocycles. The molecule has 0 aromatic carbocycles. The molecule has 1 rings (SSSR count). The topological polar surface area (TPSA) is 41.5 Å². The summed E-state index contributed by atoms with van der Waals surface area (Å²) in [6, 6.07) is 0. The average Bonchev–Trinajstić information content (AvgIpc) is 2.94. The highest BCUT2D eigenvalue weighted by Crippen LogP contribution is 2.28. The Morgan fingerprint density at radius 3 is 2.92 bits per heavy atom. The fraction of sp³-hybridized carbons (Fsp3) is 1.00. The van der Waals surface area contributed by atoms with E-state index in [0.29, 0.717) is 5.92 Å². The minimum absolute atomic E-state index is 0.260. The van der Waals surface area contributed by atoms with Gasteiger partial charge in [-0.05, 0) is 31.2 Å². The summed E-state index contributed by atoms with van der Waals surface area (Å²) in [5.41, 5.74) is 0. The number of aliphatic hydroxyl groups is 1. The zero-order valence-electron chi connectivity index (χ0n) is 8.46. The van der Waals surface area contributed by atoms with Crippen molar-refractivity contribution in [1.82, 2.24) is 5.32 Å². The van der Waals surface area contributed by atoms with Crippen LogP contribution in [0.15, 0.2) is 0 Å². The minimum atomic E-state index is 0.260. The van der Waals surface area contributed by atoms with Crippen molar-refractivity contribution < 1.29 is 9.84 Å². The summed E-state index contributed by atoms with van der Waals surface area (Å²) in [7, 11) is 0. The number of hydrogen-bond donors (Lipinski definition) is 2. The van der Waals surface area contributed by atoms with Gasteiger partial charge in [0.05, 0.1) is 6.61 Å². The van der Waals surface area contributed by atoms with Crippen LogP contribution in [0.3, 0.4) is 0 Å². The molecular weight excluding hydrogens is 166 g/mol. The number of aliphatic hydroxyl groups excluding tert-OH is 1. The van der Waals surface area contributed by atoms with E-state index in [-0.39, 0.29) is 6.61 Å². The van der Waals surface area contributed by atoms with Crippen molar-refractivity contribution in [2.45, 2.75) is 19.8 Å². The van der Waals surface area contributed by atoms with Crippen molar-refractivity contribution in [3.63, 3.8) is 0 Å². The summed E-state index contributed by atoms with van der Waals surface area (Å²) in [4.78, 5) is 0. The summed E-state index contributed by atoms with van der Waals surface area (Å²) < 4.78 is 5.45. The molecule has 0 aromatic rings. The van der Waals surface area contributed by atoms with E-state index in [1.165, 1.54) is 12.8 Å². The van der Waals surface area contributed by atoms with Gasteiger partial charge in [-0.15, -0.1) is 0 Å². The predicted octanol–water partition coefficient (Wildman–Crippen LogP) is 0.631. The van der Waals surface area contributed by atoms with Gasteiger partial charge in [0.15, 0.2) is 0 Å². The Morgan fingerprint density at radius 2 is 2.31 bits per heavy atom. The van der Waals surface area contributed by atoms with E-state index in [9.17, 15) is 0 Å². The highest BCUT2D eigenvalue weighted by molar-refractivity contribution is 4.71. The first kappa shape index (κ1) is 11.0. The van der Waals surface area contributed by atoms with E-state index in [1.54, 1.807) is 0 Å². The SMILES string of the molecule is CC(CO)CNCCOCC1CC1. The zero-order chi connectivity index (χ0) is 9.52. The lowest BCUT2D eigenvalue weighted by atomic mass is 10.2. The van der Waals surface area contributed by atoms with Crippen LogP contribution in [0.5, 0.6) is 0 Å². The summed E-state index contributed by atoms with van der Waals surface area (Å²) >= 11 is 0. The summed E-state index contributed by atoms with van der Waals surface area (Å²) in [5, 5.41) is 12.0. The summed E-state index contributed by atoms with van der Waals surface area (Å²) in [6.07, 6.45) is 2.71. The molecule has 1 atom stereocenters. The number of hydrogen-bond acceptors (Lipinski definition) is 3. The van der Waals surface area contributed by atoms with Gasteiger partial charge in [0.25, 0.3) is 0 Å².